The van der Waals surface area contributed by atoms with Crippen molar-refractivity contribution in [2.24, 2.45) is 5.41 Å². The molecule has 14 heavy (non-hydrogen) atoms. The molecule has 0 bridgehead atoms. The Hall–Kier alpha value is -0.250. The molecule has 0 aliphatic heterocycles. The summed E-state index contributed by atoms with van der Waals surface area (Å²) in [6, 6.07) is 0. The van der Waals surface area contributed by atoms with Crippen molar-refractivity contribution in [1.29, 1.82) is 0 Å². The number of hydrogen-bond acceptors (Lipinski definition) is 2. The fraction of sp³-hybridized carbons (Fsp3) is 0.900. The van der Waals surface area contributed by atoms with Crippen molar-refractivity contribution in [1.82, 2.24) is 5.32 Å². The second-order valence-electron chi connectivity index (χ2n) is 5.18. The van der Waals surface area contributed by atoms with Gasteiger partial charge < -0.3 is 10.1 Å². The Morgan fingerprint density at radius 3 is 2.50 bits per heavy atom. The van der Waals surface area contributed by atoms with Gasteiger partial charge in [0, 0.05) is 11.4 Å². The van der Waals surface area contributed by atoms with E-state index in [0.717, 1.165) is 6.42 Å². The first kappa shape index (κ1) is 11.8. The summed E-state index contributed by atoms with van der Waals surface area (Å²) < 4.78 is 5.13. The molecule has 1 amide bonds. The van der Waals surface area contributed by atoms with Gasteiger partial charge in [0.15, 0.2) is 0 Å². The van der Waals surface area contributed by atoms with Crippen LogP contribution in [-0.2, 0) is 4.74 Å². The zero-order valence-corrected chi connectivity index (χ0v) is 10.8. The molecule has 3 nitrogen and oxygen atoms in total. The van der Waals surface area contributed by atoms with Crippen molar-refractivity contribution in [3.63, 3.8) is 0 Å². The van der Waals surface area contributed by atoms with Gasteiger partial charge in [-0.2, -0.15) is 0 Å². The van der Waals surface area contributed by atoms with E-state index in [9.17, 15) is 4.79 Å². The molecule has 0 saturated heterocycles. The maximum Gasteiger partial charge on any atom is 0.407 e. The molecule has 2 unspecified atom stereocenters. The molecule has 1 fully saturated rings. The number of nitrogens with one attached hydrogen (secondary N) is 1. The molecular formula is C10H18BrNO2. The SMILES string of the molecule is CC(C)(C)OC(=O)NCC1(C)CC1Br. The molecule has 1 aliphatic rings. The average Bonchev–Trinajstić information content (AvgIpc) is 2.53. The highest BCUT2D eigenvalue weighted by molar-refractivity contribution is 9.09. The van der Waals surface area contributed by atoms with Crippen molar-refractivity contribution < 1.29 is 9.53 Å². The Labute approximate surface area is 93.7 Å². The summed E-state index contributed by atoms with van der Waals surface area (Å²) in [6.07, 6.45) is 0.785. The van der Waals surface area contributed by atoms with Gasteiger partial charge in [0.05, 0.1) is 0 Å². The lowest BCUT2D eigenvalue weighted by atomic mass is 10.1. The van der Waals surface area contributed by atoms with Crippen LogP contribution in [0.4, 0.5) is 4.79 Å². The molecule has 82 valence electrons. The Kier molecular flexibility index (Phi) is 3.14. The maximum atomic E-state index is 11.3. The summed E-state index contributed by atoms with van der Waals surface area (Å²) in [5.41, 5.74) is -0.195. The van der Waals surface area contributed by atoms with Crippen LogP contribution in [-0.4, -0.2) is 23.1 Å². The first-order valence-electron chi connectivity index (χ1n) is 4.84. The van der Waals surface area contributed by atoms with E-state index in [1.165, 1.54) is 0 Å². The van der Waals surface area contributed by atoms with Crippen LogP contribution in [0, 0.1) is 5.41 Å². The van der Waals surface area contributed by atoms with Gasteiger partial charge in [-0.1, -0.05) is 22.9 Å². The molecule has 4 heteroatoms. The van der Waals surface area contributed by atoms with Crippen LogP contribution in [0.3, 0.4) is 0 Å². The number of rotatable bonds is 2. The number of hydrogen-bond donors (Lipinski definition) is 1. The van der Waals surface area contributed by atoms with Crippen molar-refractivity contribution in [3.05, 3.63) is 0 Å². The highest BCUT2D eigenvalue weighted by Crippen LogP contribution is 2.50. The summed E-state index contributed by atoms with van der Waals surface area (Å²) >= 11 is 3.52. The number of carbonyl (C=O) groups excluding carboxylic acids is 1. The van der Waals surface area contributed by atoms with Crippen LogP contribution in [0.15, 0.2) is 0 Å². The van der Waals surface area contributed by atoms with Crippen LogP contribution in [0.5, 0.6) is 0 Å². The van der Waals surface area contributed by atoms with Crippen molar-refractivity contribution in [2.45, 2.75) is 44.5 Å². The lowest BCUT2D eigenvalue weighted by Gasteiger charge is -2.20. The average molecular weight is 264 g/mol. The van der Waals surface area contributed by atoms with Gasteiger partial charge in [-0.05, 0) is 32.6 Å². The fourth-order valence-electron chi connectivity index (χ4n) is 1.12. The number of amides is 1. The zero-order chi connectivity index (χ0) is 11.0. The molecule has 1 N–H and O–H groups in total. The predicted molar refractivity (Wildman–Crippen MR) is 59.7 cm³/mol. The second-order valence-corrected chi connectivity index (χ2v) is 6.29. The molecule has 1 aliphatic carbocycles. The van der Waals surface area contributed by atoms with Crippen molar-refractivity contribution in [2.75, 3.05) is 6.54 Å². The van der Waals surface area contributed by atoms with E-state index < -0.39 is 5.60 Å². The van der Waals surface area contributed by atoms with E-state index in [2.05, 4.69) is 28.2 Å². The molecule has 0 spiro atoms. The zero-order valence-electron chi connectivity index (χ0n) is 9.19. The highest BCUT2D eigenvalue weighted by Gasteiger charge is 2.48. The standard InChI is InChI=1S/C10H18BrNO2/c1-9(2,3)14-8(13)12-6-10(4)5-7(10)11/h7H,5-6H2,1-4H3,(H,12,13). The van der Waals surface area contributed by atoms with E-state index in [1.54, 1.807) is 0 Å². The second kappa shape index (κ2) is 3.72. The van der Waals surface area contributed by atoms with Gasteiger partial charge in [0.1, 0.15) is 5.60 Å². The lowest BCUT2D eigenvalue weighted by molar-refractivity contribution is 0.0518. The molecule has 2 atom stereocenters. The third-order valence-electron chi connectivity index (χ3n) is 2.28. The minimum atomic E-state index is -0.414. The van der Waals surface area contributed by atoms with Gasteiger partial charge in [-0.25, -0.2) is 4.79 Å². The minimum Gasteiger partial charge on any atom is -0.444 e. The molecule has 0 aromatic rings. The summed E-state index contributed by atoms with van der Waals surface area (Å²) in [5.74, 6) is 0. The van der Waals surface area contributed by atoms with Crippen LogP contribution >= 0.6 is 15.9 Å². The van der Waals surface area contributed by atoms with Gasteiger partial charge >= 0.3 is 6.09 Å². The monoisotopic (exact) mass is 263 g/mol. The fourth-order valence-corrected chi connectivity index (χ4v) is 2.02. The molecule has 0 heterocycles. The van der Waals surface area contributed by atoms with Crippen LogP contribution in [0.1, 0.15) is 34.1 Å². The van der Waals surface area contributed by atoms with Crippen LogP contribution in [0.25, 0.3) is 0 Å². The predicted octanol–water partition coefficient (Wildman–Crippen LogP) is 2.68. The van der Waals surface area contributed by atoms with Gasteiger partial charge in [-0.15, -0.1) is 0 Å². The Balaban J connectivity index is 2.23. The molecule has 0 radical (unpaired) electrons. The maximum absolute atomic E-state index is 11.3. The topological polar surface area (TPSA) is 38.3 Å². The summed E-state index contributed by atoms with van der Waals surface area (Å²) in [7, 11) is 0. The largest absolute Gasteiger partial charge is 0.444 e. The third-order valence-corrected chi connectivity index (χ3v) is 3.71. The minimum absolute atomic E-state index is 0.219. The lowest BCUT2D eigenvalue weighted by Crippen LogP contribution is -2.35. The van der Waals surface area contributed by atoms with E-state index in [4.69, 9.17) is 4.74 Å². The summed E-state index contributed by atoms with van der Waals surface area (Å²) in [5, 5.41) is 2.78. The number of alkyl carbamates (subject to hydrolysis) is 1. The summed E-state index contributed by atoms with van der Waals surface area (Å²) in [4.78, 5) is 11.8. The van der Waals surface area contributed by atoms with E-state index >= 15 is 0 Å². The van der Waals surface area contributed by atoms with E-state index in [1.807, 2.05) is 20.8 Å². The first-order valence-corrected chi connectivity index (χ1v) is 5.75. The normalized spacial score (nSPS) is 31.1. The van der Waals surface area contributed by atoms with Crippen LogP contribution in [0.2, 0.25) is 0 Å². The smallest absolute Gasteiger partial charge is 0.407 e. The van der Waals surface area contributed by atoms with E-state index in [-0.39, 0.29) is 11.5 Å². The van der Waals surface area contributed by atoms with E-state index in [0.29, 0.717) is 11.4 Å². The number of alkyl halides is 1. The Morgan fingerprint density at radius 2 is 2.14 bits per heavy atom. The molecule has 0 aromatic heterocycles. The molecule has 0 aromatic carbocycles. The quantitative estimate of drug-likeness (QED) is 0.779. The highest BCUT2D eigenvalue weighted by atomic mass is 79.9. The number of ether oxygens (including phenoxy) is 1. The Morgan fingerprint density at radius 1 is 1.64 bits per heavy atom. The molecule has 1 saturated carbocycles. The van der Waals surface area contributed by atoms with Crippen LogP contribution < -0.4 is 5.32 Å². The van der Waals surface area contributed by atoms with Gasteiger partial charge in [0.25, 0.3) is 0 Å². The van der Waals surface area contributed by atoms with Crippen molar-refractivity contribution in [3.8, 4) is 0 Å². The third kappa shape index (κ3) is 3.48. The first-order chi connectivity index (χ1) is 6.23. The summed E-state index contributed by atoms with van der Waals surface area (Å²) in [6.45, 7) is 8.40. The van der Waals surface area contributed by atoms with Gasteiger partial charge in [0.2, 0.25) is 0 Å². The Bertz CT molecular complexity index is 237. The van der Waals surface area contributed by atoms with Crippen molar-refractivity contribution >= 4 is 22.0 Å². The molecule has 1 rings (SSSR count). The number of halogens is 1. The molecular weight excluding hydrogens is 246 g/mol. The van der Waals surface area contributed by atoms with Gasteiger partial charge in [-0.3, -0.25) is 0 Å². The number of carbonyl (C=O) groups is 1.